The smallest absolute Gasteiger partial charge is 0.0634 e. The lowest BCUT2D eigenvalue weighted by molar-refractivity contribution is 0.691. The van der Waals surface area contributed by atoms with Crippen LogP contribution >= 0.6 is 34.5 Å². The molecule has 1 heterocycles. The SMILES string of the molecule is Clc1cc(Cl)cc(NC(c2cccs2)C2CC2)c1. The van der Waals surface area contributed by atoms with Crippen LogP contribution in [0.4, 0.5) is 5.69 Å². The predicted octanol–water partition coefficient (Wildman–Crippen LogP) is 5.62. The van der Waals surface area contributed by atoms with Crippen molar-refractivity contribution in [1.29, 1.82) is 0 Å². The molecule has 1 saturated carbocycles. The van der Waals surface area contributed by atoms with E-state index in [-0.39, 0.29) is 0 Å². The highest BCUT2D eigenvalue weighted by Gasteiger charge is 2.32. The van der Waals surface area contributed by atoms with Crippen molar-refractivity contribution in [2.45, 2.75) is 18.9 Å². The monoisotopic (exact) mass is 297 g/mol. The van der Waals surface area contributed by atoms with E-state index in [1.807, 2.05) is 12.1 Å². The number of thiophene rings is 1. The molecule has 1 aliphatic rings. The van der Waals surface area contributed by atoms with Gasteiger partial charge in [-0.1, -0.05) is 29.3 Å². The molecule has 1 N–H and O–H groups in total. The van der Waals surface area contributed by atoms with Crippen molar-refractivity contribution >= 4 is 40.2 Å². The van der Waals surface area contributed by atoms with Gasteiger partial charge in [0.25, 0.3) is 0 Å². The van der Waals surface area contributed by atoms with Gasteiger partial charge in [-0.25, -0.2) is 0 Å². The van der Waals surface area contributed by atoms with Crippen LogP contribution in [-0.4, -0.2) is 0 Å². The first-order valence-electron chi connectivity index (χ1n) is 5.98. The van der Waals surface area contributed by atoms with Gasteiger partial charge in [-0.3, -0.25) is 0 Å². The minimum atomic E-state index is 0.388. The highest BCUT2D eigenvalue weighted by Crippen LogP contribution is 2.44. The predicted molar refractivity (Wildman–Crippen MR) is 79.9 cm³/mol. The van der Waals surface area contributed by atoms with Gasteiger partial charge < -0.3 is 5.32 Å². The first-order valence-corrected chi connectivity index (χ1v) is 7.62. The number of rotatable bonds is 4. The Balaban J connectivity index is 1.84. The molecule has 1 unspecified atom stereocenters. The van der Waals surface area contributed by atoms with Gasteiger partial charge >= 0.3 is 0 Å². The number of anilines is 1. The highest BCUT2D eigenvalue weighted by atomic mass is 35.5. The van der Waals surface area contributed by atoms with Crippen LogP contribution in [0.1, 0.15) is 23.8 Å². The van der Waals surface area contributed by atoms with Crippen molar-refractivity contribution in [3.8, 4) is 0 Å². The third kappa shape index (κ3) is 2.82. The fourth-order valence-corrected chi connectivity index (χ4v) is 3.53. The first-order chi connectivity index (χ1) is 8.72. The van der Waals surface area contributed by atoms with E-state index in [0.29, 0.717) is 16.1 Å². The van der Waals surface area contributed by atoms with E-state index >= 15 is 0 Å². The second-order valence-electron chi connectivity index (χ2n) is 4.63. The Hall–Kier alpha value is -0.700. The Morgan fingerprint density at radius 2 is 1.89 bits per heavy atom. The molecule has 1 atom stereocenters. The maximum absolute atomic E-state index is 6.03. The third-order valence-electron chi connectivity index (χ3n) is 3.13. The van der Waals surface area contributed by atoms with Crippen molar-refractivity contribution in [3.63, 3.8) is 0 Å². The zero-order valence-corrected chi connectivity index (χ0v) is 12.0. The molecule has 0 radical (unpaired) electrons. The summed E-state index contributed by atoms with van der Waals surface area (Å²) < 4.78 is 0. The molecule has 0 amide bonds. The largest absolute Gasteiger partial charge is 0.377 e. The lowest BCUT2D eigenvalue weighted by Crippen LogP contribution is -2.11. The molecule has 3 rings (SSSR count). The number of benzene rings is 1. The summed E-state index contributed by atoms with van der Waals surface area (Å²) in [5.74, 6) is 0.737. The second-order valence-corrected chi connectivity index (χ2v) is 6.49. The second kappa shape index (κ2) is 5.12. The molecule has 1 aromatic heterocycles. The highest BCUT2D eigenvalue weighted by molar-refractivity contribution is 7.10. The fourth-order valence-electron chi connectivity index (χ4n) is 2.14. The van der Waals surface area contributed by atoms with Crippen molar-refractivity contribution in [3.05, 3.63) is 50.6 Å². The molecule has 1 aliphatic carbocycles. The molecule has 0 spiro atoms. The van der Waals surface area contributed by atoms with Gasteiger partial charge in [-0.2, -0.15) is 0 Å². The summed E-state index contributed by atoms with van der Waals surface area (Å²) in [4.78, 5) is 1.38. The Labute approximate surface area is 121 Å². The van der Waals surface area contributed by atoms with Crippen LogP contribution in [0, 0.1) is 5.92 Å². The number of nitrogens with one attached hydrogen (secondary N) is 1. The van der Waals surface area contributed by atoms with Gasteiger partial charge in [0.2, 0.25) is 0 Å². The summed E-state index contributed by atoms with van der Waals surface area (Å²) in [6.07, 6.45) is 2.59. The maximum atomic E-state index is 6.03. The van der Waals surface area contributed by atoms with Crippen molar-refractivity contribution < 1.29 is 0 Å². The van der Waals surface area contributed by atoms with E-state index in [1.54, 1.807) is 17.4 Å². The van der Waals surface area contributed by atoms with Gasteiger partial charge in [-0.15, -0.1) is 11.3 Å². The van der Waals surface area contributed by atoms with Gasteiger partial charge in [0.15, 0.2) is 0 Å². The molecule has 1 fully saturated rings. The molecule has 0 saturated heterocycles. The number of halogens is 2. The lowest BCUT2D eigenvalue weighted by atomic mass is 10.1. The summed E-state index contributed by atoms with van der Waals surface area (Å²) in [6.45, 7) is 0. The fraction of sp³-hybridized carbons (Fsp3) is 0.286. The maximum Gasteiger partial charge on any atom is 0.0634 e. The normalized spacial score (nSPS) is 16.6. The molecule has 18 heavy (non-hydrogen) atoms. The van der Waals surface area contributed by atoms with Crippen LogP contribution in [0.5, 0.6) is 0 Å². The standard InChI is InChI=1S/C14H13Cl2NS/c15-10-6-11(16)8-12(7-10)17-14(9-3-4-9)13-2-1-5-18-13/h1-2,5-9,14,17H,3-4H2. The summed E-state index contributed by atoms with van der Waals surface area (Å²) >= 11 is 13.9. The van der Waals surface area contributed by atoms with Crippen molar-refractivity contribution in [1.82, 2.24) is 0 Å². The summed E-state index contributed by atoms with van der Waals surface area (Å²) in [5, 5.41) is 7.03. The number of hydrogen-bond acceptors (Lipinski definition) is 2. The zero-order valence-electron chi connectivity index (χ0n) is 9.70. The molecule has 0 bridgehead atoms. The Morgan fingerprint density at radius 1 is 1.17 bits per heavy atom. The van der Waals surface area contributed by atoms with Gasteiger partial charge in [-0.05, 0) is 48.4 Å². The van der Waals surface area contributed by atoms with E-state index in [0.717, 1.165) is 11.6 Å². The molecule has 0 aliphatic heterocycles. The quantitative estimate of drug-likeness (QED) is 0.772. The molecule has 2 aromatic rings. The van der Waals surface area contributed by atoms with Crippen LogP contribution in [0.3, 0.4) is 0 Å². The minimum Gasteiger partial charge on any atom is -0.377 e. The molecule has 94 valence electrons. The molecular formula is C14H13Cl2NS. The first kappa shape index (κ1) is 12.3. The van der Waals surface area contributed by atoms with E-state index < -0.39 is 0 Å². The Bertz CT molecular complexity index is 514. The van der Waals surface area contributed by atoms with Crippen molar-refractivity contribution in [2.75, 3.05) is 5.32 Å². The zero-order chi connectivity index (χ0) is 12.5. The van der Waals surface area contributed by atoms with E-state index in [2.05, 4.69) is 22.8 Å². The van der Waals surface area contributed by atoms with Crippen LogP contribution in [-0.2, 0) is 0 Å². The minimum absolute atomic E-state index is 0.388. The Kier molecular flexibility index (Phi) is 3.51. The molecule has 4 heteroatoms. The van der Waals surface area contributed by atoms with Crippen LogP contribution in [0.15, 0.2) is 35.7 Å². The lowest BCUT2D eigenvalue weighted by Gasteiger charge is -2.18. The van der Waals surface area contributed by atoms with E-state index in [9.17, 15) is 0 Å². The average Bonchev–Trinajstić information content (AvgIpc) is 3.00. The van der Waals surface area contributed by atoms with Gasteiger partial charge in [0.1, 0.15) is 0 Å². The number of hydrogen-bond donors (Lipinski definition) is 1. The summed E-state index contributed by atoms with van der Waals surface area (Å²) in [5.41, 5.74) is 0.998. The van der Waals surface area contributed by atoms with Crippen LogP contribution in [0.25, 0.3) is 0 Å². The molecular weight excluding hydrogens is 285 g/mol. The average molecular weight is 298 g/mol. The van der Waals surface area contributed by atoms with Crippen LogP contribution in [0.2, 0.25) is 10.0 Å². The Morgan fingerprint density at radius 3 is 2.44 bits per heavy atom. The van der Waals surface area contributed by atoms with Gasteiger partial charge in [0.05, 0.1) is 6.04 Å². The molecule has 1 nitrogen and oxygen atoms in total. The third-order valence-corrected chi connectivity index (χ3v) is 4.52. The molecule has 1 aromatic carbocycles. The van der Waals surface area contributed by atoms with Gasteiger partial charge in [0, 0.05) is 20.6 Å². The van der Waals surface area contributed by atoms with E-state index in [4.69, 9.17) is 23.2 Å². The van der Waals surface area contributed by atoms with E-state index in [1.165, 1.54) is 17.7 Å². The summed E-state index contributed by atoms with van der Waals surface area (Å²) in [7, 11) is 0. The summed E-state index contributed by atoms with van der Waals surface area (Å²) in [6, 6.07) is 10.3. The van der Waals surface area contributed by atoms with Crippen LogP contribution < -0.4 is 5.32 Å². The topological polar surface area (TPSA) is 12.0 Å². The van der Waals surface area contributed by atoms with Crippen molar-refractivity contribution in [2.24, 2.45) is 5.92 Å².